The van der Waals surface area contributed by atoms with Crippen LogP contribution >= 0.6 is 35.0 Å². The predicted octanol–water partition coefficient (Wildman–Crippen LogP) is 5.03. The molecule has 1 unspecified atom stereocenters. The quantitative estimate of drug-likeness (QED) is 0.396. The van der Waals surface area contributed by atoms with Gasteiger partial charge in [0.25, 0.3) is 10.0 Å². The van der Waals surface area contributed by atoms with Crippen LogP contribution in [0, 0.1) is 0 Å². The number of sulfonamides is 1. The first-order chi connectivity index (χ1) is 9.96. The highest BCUT2D eigenvalue weighted by atomic mass is 35.5. The van der Waals surface area contributed by atoms with Crippen molar-refractivity contribution in [2.24, 2.45) is 0 Å². The Labute approximate surface area is 148 Å². The van der Waals surface area contributed by atoms with E-state index in [1.165, 1.54) is 24.3 Å². The highest BCUT2D eigenvalue weighted by molar-refractivity contribution is 7.90. The monoisotopic (exact) mass is 397 g/mol. The lowest BCUT2D eigenvalue weighted by atomic mass is 10.4. The minimum atomic E-state index is -3.81. The zero-order chi connectivity index (χ0) is 17.1. The molecule has 22 heavy (non-hydrogen) atoms. The van der Waals surface area contributed by atoms with E-state index < -0.39 is 24.1 Å². The Kier molecular flexibility index (Phi) is 6.78. The van der Waals surface area contributed by atoms with Crippen LogP contribution in [0.4, 0.5) is 0 Å². The van der Waals surface area contributed by atoms with Crippen LogP contribution in [0.25, 0.3) is 0 Å². The van der Waals surface area contributed by atoms with Gasteiger partial charge in [0.2, 0.25) is 0 Å². The molecule has 0 aliphatic carbocycles. The Hall–Kier alpha value is -0.263. The summed E-state index contributed by atoms with van der Waals surface area (Å²) in [5.41, 5.74) is 2.94. The fourth-order valence-electron chi connectivity index (χ4n) is 1.40. The summed E-state index contributed by atoms with van der Waals surface area (Å²) in [5.74, 6) is 0. The SMILES string of the molecule is CC(C=C=C(Cl)[Si](C)(C)C)N(Cl)S(=O)(=O)c1ccc(Cl)cc1. The van der Waals surface area contributed by atoms with Gasteiger partial charge >= 0.3 is 0 Å². The minimum absolute atomic E-state index is 0.0763. The van der Waals surface area contributed by atoms with Crippen molar-refractivity contribution >= 4 is 53.1 Å². The molecule has 0 bridgehead atoms. The topological polar surface area (TPSA) is 37.4 Å². The van der Waals surface area contributed by atoms with Crippen LogP contribution in [0.2, 0.25) is 24.7 Å². The Bertz CT molecular complexity index is 690. The Balaban J connectivity index is 3.07. The lowest BCUT2D eigenvalue weighted by Crippen LogP contribution is -2.29. The second-order valence-electron chi connectivity index (χ2n) is 5.82. The summed E-state index contributed by atoms with van der Waals surface area (Å²) in [4.78, 5) is 0.0763. The number of hydrogen-bond acceptors (Lipinski definition) is 2. The molecule has 0 aliphatic rings. The van der Waals surface area contributed by atoms with E-state index in [0.29, 0.717) is 9.68 Å². The van der Waals surface area contributed by atoms with Gasteiger partial charge in [-0.2, -0.15) is 0 Å². The number of nitrogens with zero attached hydrogens (tertiary/aromatic N) is 1. The molecule has 0 amide bonds. The van der Waals surface area contributed by atoms with Crippen LogP contribution in [0.1, 0.15) is 6.92 Å². The smallest absolute Gasteiger partial charge is 0.206 e. The van der Waals surface area contributed by atoms with Crippen LogP contribution in [0.5, 0.6) is 0 Å². The van der Waals surface area contributed by atoms with Gasteiger partial charge in [0, 0.05) is 9.68 Å². The molecular weight excluding hydrogens is 381 g/mol. The van der Waals surface area contributed by atoms with Gasteiger partial charge in [0.1, 0.15) is 8.07 Å². The maximum absolute atomic E-state index is 12.4. The Morgan fingerprint density at radius 1 is 1.27 bits per heavy atom. The van der Waals surface area contributed by atoms with E-state index in [1.807, 2.05) is 0 Å². The molecule has 0 spiro atoms. The molecule has 8 heteroatoms. The summed E-state index contributed by atoms with van der Waals surface area (Å²) in [7, 11) is -5.47. The normalized spacial score (nSPS) is 13.6. The maximum Gasteiger partial charge on any atom is 0.257 e. The standard InChI is InChI=1S/C14H18Cl3NO2SSi/c1-11(5-10-14(16)22(2,3)4)18(17)21(19,20)13-8-6-12(15)7-9-13/h5-9,11H,1-4H3. The number of benzene rings is 1. The summed E-state index contributed by atoms with van der Waals surface area (Å²) < 4.78 is 26.2. The molecule has 122 valence electrons. The molecule has 0 saturated heterocycles. The van der Waals surface area contributed by atoms with Crippen molar-refractivity contribution < 1.29 is 8.42 Å². The summed E-state index contributed by atoms with van der Waals surface area (Å²) >= 11 is 17.9. The fourth-order valence-corrected chi connectivity index (χ4v) is 3.58. The lowest BCUT2D eigenvalue weighted by Gasteiger charge is -2.18. The van der Waals surface area contributed by atoms with E-state index in [1.54, 1.807) is 13.0 Å². The van der Waals surface area contributed by atoms with Gasteiger partial charge in [0.15, 0.2) is 0 Å². The molecule has 0 radical (unpaired) electrons. The van der Waals surface area contributed by atoms with Crippen LogP contribution < -0.4 is 0 Å². The highest BCUT2D eigenvalue weighted by Crippen LogP contribution is 2.23. The molecule has 0 aliphatic heterocycles. The van der Waals surface area contributed by atoms with Crippen molar-refractivity contribution in [2.45, 2.75) is 37.5 Å². The van der Waals surface area contributed by atoms with Gasteiger partial charge < -0.3 is 0 Å². The molecule has 1 rings (SSSR count). The van der Waals surface area contributed by atoms with Crippen LogP contribution in [0.15, 0.2) is 45.6 Å². The molecule has 0 saturated carbocycles. The zero-order valence-corrected chi connectivity index (χ0v) is 16.9. The van der Waals surface area contributed by atoms with Gasteiger partial charge in [-0.3, -0.25) is 0 Å². The molecule has 0 fully saturated rings. The number of hydrogen-bond donors (Lipinski definition) is 0. The molecule has 1 aromatic carbocycles. The molecule has 1 atom stereocenters. The second-order valence-corrected chi connectivity index (χ2v) is 14.3. The van der Waals surface area contributed by atoms with Crippen molar-refractivity contribution in [1.29, 1.82) is 0 Å². The van der Waals surface area contributed by atoms with Crippen molar-refractivity contribution in [3.05, 3.63) is 45.8 Å². The lowest BCUT2D eigenvalue weighted by molar-refractivity contribution is 0.514. The Morgan fingerprint density at radius 3 is 2.23 bits per heavy atom. The first kappa shape index (κ1) is 19.8. The first-order valence-electron chi connectivity index (χ1n) is 6.55. The summed E-state index contributed by atoms with van der Waals surface area (Å²) in [5, 5.41) is 0.456. The van der Waals surface area contributed by atoms with E-state index in [2.05, 4.69) is 25.4 Å². The van der Waals surface area contributed by atoms with E-state index in [-0.39, 0.29) is 4.90 Å². The zero-order valence-electron chi connectivity index (χ0n) is 12.8. The van der Waals surface area contributed by atoms with E-state index in [0.717, 1.165) is 3.82 Å². The summed E-state index contributed by atoms with van der Waals surface area (Å²) in [6, 6.07) is 5.24. The molecule has 0 N–H and O–H groups in total. The molecule has 3 nitrogen and oxygen atoms in total. The molecule has 1 aromatic rings. The van der Waals surface area contributed by atoms with Gasteiger partial charge in [0.05, 0.1) is 10.9 Å². The van der Waals surface area contributed by atoms with Crippen LogP contribution in [-0.4, -0.2) is 26.4 Å². The first-order valence-corrected chi connectivity index (χ1v) is 12.6. The third-order valence-electron chi connectivity index (χ3n) is 2.77. The van der Waals surface area contributed by atoms with Gasteiger partial charge in [-0.25, -0.2) is 8.42 Å². The Morgan fingerprint density at radius 2 is 1.77 bits per heavy atom. The molecule has 0 heterocycles. The van der Waals surface area contributed by atoms with E-state index in [4.69, 9.17) is 35.0 Å². The predicted molar refractivity (Wildman–Crippen MR) is 96.6 cm³/mol. The largest absolute Gasteiger partial charge is 0.257 e. The van der Waals surface area contributed by atoms with Crippen molar-refractivity contribution in [3.8, 4) is 0 Å². The van der Waals surface area contributed by atoms with Gasteiger partial charge in [-0.1, -0.05) is 42.8 Å². The third kappa shape index (κ3) is 5.13. The number of rotatable bonds is 5. The molecule has 0 aromatic heterocycles. The average molecular weight is 399 g/mol. The van der Waals surface area contributed by atoms with Crippen molar-refractivity contribution in [3.63, 3.8) is 0 Å². The average Bonchev–Trinajstić information content (AvgIpc) is 2.42. The van der Waals surface area contributed by atoms with Crippen LogP contribution in [-0.2, 0) is 10.0 Å². The van der Waals surface area contributed by atoms with Gasteiger partial charge in [-0.05, 0) is 49.0 Å². The summed E-state index contributed by atoms with van der Waals surface area (Å²) in [6.07, 6.45) is 1.56. The van der Waals surface area contributed by atoms with Gasteiger partial charge in [-0.15, -0.1) is 9.56 Å². The number of halogens is 3. The molecular formula is C14H18Cl3NO2SSi. The summed E-state index contributed by atoms with van der Waals surface area (Å²) in [6.45, 7) is 7.87. The maximum atomic E-state index is 12.4. The van der Waals surface area contributed by atoms with E-state index >= 15 is 0 Å². The van der Waals surface area contributed by atoms with Crippen LogP contribution in [0.3, 0.4) is 0 Å². The second kappa shape index (κ2) is 7.54. The van der Waals surface area contributed by atoms with Crippen molar-refractivity contribution in [2.75, 3.05) is 0 Å². The van der Waals surface area contributed by atoms with E-state index in [9.17, 15) is 8.42 Å². The minimum Gasteiger partial charge on any atom is -0.206 e. The fraction of sp³-hybridized carbons (Fsp3) is 0.357. The van der Waals surface area contributed by atoms with Crippen molar-refractivity contribution in [1.82, 2.24) is 3.82 Å². The highest BCUT2D eigenvalue weighted by Gasteiger charge is 2.26. The third-order valence-corrected chi connectivity index (χ3v) is 8.81.